The fraction of sp³-hybridized carbons (Fsp3) is 0.571. The molecule has 0 bridgehead atoms. The number of carbonyl (C=O) groups is 2. The van der Waals surface area contributed by atoms with E-state index >= 15 is 0 Å². The summed E-state index contributed by atoms with van der Waals surface area (Å²) in [6, 6.07) is 3.32. The lowest BCUT2D eigenvalue weighted by atomic mass is 9.98. The van der Waals surface area contributed by atoms with E-state index in [-0.39, 0.29) is 36.5 Å². The van der Waals surface area contributed by atoms with Gasteiger partial charge < -0.3 is 38.8 Å². The van der Waals surface area contributed by atoms with Gasteiger partial charge in [0.1, 0.15) is 42.0 Å². The topological polar surface area (TPSA) is 122 Å². The van der Waals surface area contributed by atoms with E-state index < -0.39 is 36.2 Å². The Morgan fingerprint density at radius 1 is 1.16 bits per heavy atom. The molecular weight excluding hydrogens is 494 g/mol. The number of esters is 1. The minimum Gasteiger partial charge on any atom is -0.491 e. The summed E-state index contributed by atoms with van der Waals surface area (Å²) in [7, 11) is 1.49. The number of methoxy groups -OCH3 is 1. The third-order valence-corrected chi connectivity index (χ3v) is 6.29. The molecule has 0 saturated carbocycles. The summed E-state index contributed by atoms with van der Waals surface area (Å²) < 4.78 is 34.6. The third kappa shape index (κ3) is 7.80. The van der Waals surface area contributed by atoms with Crippen LogP contribution in [0.4, 0.5) is 0 Å². The molecule has 2 heterocycles. The molecule has 5 atom stereocenters. The lowest BCUT2D eigenvalue weighted by molar-refractivity contribution is -0.152. The number of rotatable bonds is 7. The van der Waals surface area contributed by atoms with E-state index in [9.17, 15) is 14.7 Å². The van der Waals surface area contributed by atoms with Crippen molar-refractivity contribution in [1.82, 2.24) is 5.32 Å². The summed E-state index contributed by atoms with van der Waals surface area (Å²) in [5, 5.41) is 13.5. The van der Waals surface area contributed by atoms with Crippen LogP contribution in [0.3, 0.4) is 0 Å². The highest BCUT2D eigenvalue weighted by Crippen LogP contribution is 2.36. The molecule has 1 aromatic carbocycles. The number of hydrogen-bond donors (Lipinski definition) is 2. The summed E-state index contributed by atoms with van der Waals surface area (Å²) in [5.74, 6) is -1.13. The monoisotopic (exact) mass is 533 g/mol. The molecule has 210 valence electrons. The molecule has 1 aromatic rings. The third-order valence-electron chi connectivity index (χ3n) is 6.29. The quantitative estimate of drug-likeness (QED) is 0.235. The van der Waals surface area contributed by atoms with Crippen molar-refractivity contribution < 1.29 is 43.1 Å². The smallest absolute Gasteiger partial charge is 0.342 e. The summed E-state index contributed by atoms with van der Waals surface area (Å²) in [4.78, 5) is 24.8. The van der Waals surface area contributed by atoms with Gasteiger partial charge in [0.2, 0.25) is 5.91 Å². The van der Waals surface area contributed by atoms with E-state index in [4.69, 9.17) is 28.4 Å². The molecule has 0 aromatic heterocycles. The first-order valence-electron chi connectivity index (χ1n) is 12.8. The molecule has 2 aliphatic rings. The van der Waals surface area contributed by atoms with Gasteiger partial charge in [0.05, 0.1) is 12.6 Å². The minimum absolute atomic E-state index is 0.0667. The highest BCUT2D eigenvalue weighted by Gasteiger charge is 2.43. The largest absolute Gasteiger partial charge is 0.491 e. The first-order chi connectivity index (χ1) is 18.0. The van der Waals surface area contributed by atoms with Crippen LogP contribution in [-0.2, 0) is 23.7 Å². The average molecular weight is 534 g/mol. The van der Waals surface area contributed by atoms with Crippen LogP contribution in [0.25, 0.3) is 6.08 Å². The van der Waals surface area contributed by atoms with Crippen LogP contribution < -0.4 is 14.8 Å². The molecule has 2 aliphatic heterocycles. The fourth-order valence-corrected chi connectivity index (χ4v) is 4.26. The van der Waals surface area contributed by atoms with Crippen LogP contribution in [0.2, 0.25) is 0 Å². The number of amides is 1. The Morgan fingerprint density at radius 3 is 2.61 bits per heavy atom. The predicted molar refractivity (Wildman–Crippen MR) is 140 cm³/mol. The molecule has 0 radical (unpaired) electrons. The maximum absolute atomic E-state index is 13.5. The van der Waals surface area contributed by atoms with Crippen molar-refractivity contribution in [3.05, 3.63) is 41.5 Å². The Morgan fingerprint density at radius 2 is 1.89 bits per heavy atom. The van der Waals surface area contributed by atoms with Crippen LogP contribution in [0, 0.1) is 5.92 Å². The van der Waals surface area contributed by atoms with Gasteiger partial charge in [0.25, 0.3) is 0 Å². The van der Waals surface area contributed by atoms with Gasteiger partial charge in [0.15, 0.2) is 12.6 Å². The lowest BCUT2D eigenvalue weighted by Crippen LogP contribution is -2.34. The number of benzene rings is 1. The Labute approximate surface area is 223 Å². The van der Waals surface area contributed by atoms with Crippen molar-refractivity contribution in [2.24, 2.45) is 5.92 Å². The number of ether oxygens (including phenoxy) is 6. The molecule has 10 nitrogen and oxygen atoms in total. The van der Waals surface area contributed by atoms with Crippen molar-refractivity contribution >= 4 is 18.0 Å². The van der Waals surface area contributed by atoms with Crippen molar-refractivity contribution in [3.8, 4) is 11.5 Å². The molecule has 0 aliphatic carbocycles. The van der Waals surface area contributed by atoms with Gasteiger partial charge in [-0.1, -0.05) is 31.2 Å². The summed E-state index contributed by atoms with van der Waals surface area (Å²) in [5.41, 5.74) is 0.644. The van der Waals surface area contributed by atoms with Crippen molar-refractivity contribution in [2.75, 3.05) is 27.1 Å². The molecule has 1 amide bonds. The molecule has 10 heteroatoms. The zero-order valence-electron chi connectivity index (χ0n) is 22.9. The van der Waals surface area contributed by atoms with E-state index in [0.717, 1.165) is 0 Å². The summed E-state index contributed by atoms with van der Waals surface area (Å²) in [6.45, 7) is 9.13. The van der Waals surface area contributed by atoms with Crippen LogP contribution in [0.1, 0.15) is 57.0 Å². The SMILES string of the molecule is COCOc1ccc(OCCNC(C)=O)c2c1C(=O)O[C@@H](C)[C@H](C)/C=C\C(O)[C@H]1OC(C)(C)O[C@H]1C/C=C/2. The molecule has 38 heavy (non-hydrogen) atoms. The second kappa shape index (κ2) is 13.2. The van der Waals surface area contributed by atoms with E-state index in [1.54, 1.807) is 51.1 Å². The molecule has 1 saturated heterocycles. The number of nitrogens with one attached hydrogen (secondary N) is 1. The van der Waals surface area contributed by atoms with Crippen LogP contribution in [0.15, 0.2) is 30.4 Å². The van der Waals surface area contributed by atoms with E-state index in [1.807, 2.05) is 13.0 Å². The first kappa shape index (κ1) is 29.6. The first-order valence-corrected chi connectivity index (χ1v) is 12.8. The number of carbonyl (C=O) groups excluding carboxylic acids is 2. The Hall–Kier alpha value is -2.92. The molecule has 1 fully saturated rings. The summed E-state index contributed by atoms with van der Waals surface area (Å²) >= 11 is 0. The van der Waals surface area contributed by atoms with Crippen LogP contribution in [-0.4, -0.2) is 74.2 Å². The van der Waals surface area contributed by atoms with E-state index in [0.29, 0.717) is 24.3 Å². The standard InChI is InChI=1S/C28H39NO9/c1-17-10-11-21(31)26-24(37-28(4,5)38-26)9-7-8-20-22(34-15-14-29-19(3)30)12-13-23(35-16-33-6)25(20)27(32)36-18(17)2/h7-8,10-13,17-18,21,24,26,31H,9,14-16H2,1-6H3,(H,29,30)/b8-7+,11-10-/t17-,18+,21?,24+,26-/m1/s1. The number of cyclic esters (lactones) is 1. The van der Waals surface area contributed by atoms with Crippen molar-refractivity contribution in [2.45, 2.75) is 71.2 Å². The Bertz CT molecular complexity index is 1040. The van der Waals surface area contributed by atoms with E-state index in [2.05, 4.69) is 5.32 Å². The maximum atomic E-state index is 13.5. The van der Waals surface area contributed by atoms with Gasteiger partial charge in [-0.3, -0.25) is 4.79 Å². The van der Waals surface area contributed by atoms with Crippen molar-refractivity contribution in [3.63, 3.8) is 0 Å². The van der Waals surface area contributed by atoms with Gasteiger partial charge in [-0.05, 0) is 39.3 Å². The van der Waals surface area contributed by atoms with Gasteiger partial charge >= 0.3 is 5.97 Å². The zero-order valence-corrected chi connectivity index (χ0v) is 22.9. The molecular formula is C28H39NO9. The molecule has 3 rings (SSSR count). The van der Waals surface area contributed by atoms with Gasteiger partial charge in [-0.25, -0.2) is 4.79 Å². The fourth-order valence-electron chi connectivity index (χ4n) is 4.26. The van der Waals surface area contributed by atoms with Gasteiger partial charge in [-0.15, -0.1) is 0 Å². The van der Waals surface area contributed by atoms with Gasteiger partial charge in [0, 0.05) is 25.5 Å². The number of aliphatic hydroxyl groups is 1. The lowest BCUT2D eigenvalue weighted by Gasteiger charge is -2.23. The second-order valence-electron chi connectivity index (χ2n) is 9.85. The number of hydrogen-bond acceptors (Lipinski definition) is 9. The molecule has 0 spiro atoms. The van der Waals surface area contributed by atoms with Gasteiger partial charge in [-0.2, -0.15) is 0 Å². The number of fused-ring (bicyclic) bond motifs is 2. The van der Waals surface area contributed by atoms with Crippen LogP contribution in [0.5, 0.6) is 11.5 Å². The minimum atomic E-state index is -0.905. The van der Waals surface area contributed by atoms with E-state index in [1.165, 1.54) is 14.0 Å². The maximum Gasteiger partial charge on any atom is 0.342 e. The van der Waals surface area contributed by atoms with Crippen LogP contribution >= 0.6 is 0 Å². The summed E-state index contributed by atoms with van der Waals surface area (Å²) in [6.07, 6.45) is 5.02. The van der Waals surface area contributed by atoms with Crippen molar-refractivity contribution in [1.29, 1.82) is 0 Å². The average Bonchev–Trinajstić information content (AvgIpc) is 3.17. The Balaban J connectivity index is 2.05. The Kier molecular flexibility index (Phi) is 10.3. The highest BCUT2D eigenvalue weighted by atomic mass is 16.8. The highest BCUT2D eigenvalue weighted by molar-refractivity contribution is 5.98. The molecule has 1 unspecified atom stereocenters. The molecule has 2 N–H and O–H groups in total. The zero-order chi connectivity index (χ0) is 27.9. The number of aliphatic hydroxyl groups excluding tert-OH is 1. The predicted octanol–water partition coefficient (Wildman–Crippen LogP) is 3.22. The second-order valence-corrected chi connectivity index (χ2v) is 9.85. The normalized spacial score (nSPS) is 28.7.